The molecule has 37 heavy (non-hydrogen) atoms. The number of methoxy groups -OCH3 is 1. The lowest BCUT2D eigenvalue weighted by atomic mass is 9.52. The first-order chi connectivity index (χ1) is 17.5. The molecule has 0 spiro atoms. The minimum absolute atomic E-state index is 0.0120. The summed E-state index contributed by atoms with van der Waals surface area (Å²) in [6.45, 7) is 3.93. The quantitative estimate of drug-likeness (QED) is 0.555. The summed E-state index contributed by atoms with van der Waals surface area (Å²) in [6, 6.07) is 7.53. The van der Waals surface area contributed by atoms with E-state index >= 15 is 0 Å². The number of alkyl halides is 2. The molecule has 4 aliphatic carbocycles. The second kappa shape index (κ2) is 9.71. The number of para-hydroxylation sites is 1. The summed E-state index contributed by atoms with van der Waals surface area (Å²) >= 11 is 0. The Balaban J connectivity index is 1.20. The molecule has 1 heterocycles. The molecule has 1 aromatic carbocycles. The van der Waals surface area contributed by atoms with E-state index in [-0.39, 0.29) is 36.8 Å². The van der Waals surface area contributed by atoms with Crippen molar-refractivity contribution in [3.8, 4) is 5.75 Å². The number of benzene rings is 1. The highest BCUT2D eigenvalue weighted by atomic mass is 19.3. The Hall–Kier alpha value is -2.42. The fourth-order valence-electron chi connectivity index (χ4n) is 7.47. The standard InChI is InChI=1S/C28H39F2N3O4/c1-26(2,33-10-6-9-28(29,30)17-33)24(34)32-23-20-11-18-12-21(23)15-27(13-18,14-20)37-25(35)31-16-19-7-4-5-8-22(19)36-3/h4-5,7-8,18,20-21,23H,6,9-17H2,1-3H3,(H,31,35)(H,32,34). The lowest BCUT2D eigenvalue weighted by Gasteiger charge is -2.59. The van der Waals surface area contributed by atoms with Gasteiger partial charge in [0.25, 0.3) is 5.92 Å². The van der Waals surface area contributed by atoms with Gasteiger partial charge >= 0.3 is 6.09 Å². The Bertz CT molecular complexity index is 1020. The number of alkyl carbamates (subject to hydrolysis) is 1. The van der Waals surface area contributed by atoms with E-state index in [2.05, 4.69) is 10.6 Å². The first kappa shape index (κ1) is 26.2. The molecule has 9 heteroatoms. The van der Waals surface area contributed by atoms with E-state index in [1.807, 2.05) is 24.3 Å². The molecule has 2 unspecified atom stereocenters. The minimum atomic E-state index is -2.76. The number of piperidine rings is 1. The fourth-order valence-corrected chi connectivity index (χ4v) is 7.47. The van der Waals surface area contributed by atoms with Gasteiger partial charge in [0.05, 0.1) is 19.2 Å². The average Bonchev–Trinajstić information content (AvgIpc) is 2.83. The Morgan fingerprint density at radius 2 is 1.84 bits per heavy atom. The third kappa shape index (κ3) is 5.29. The molecular weight excluding hydrogens is 480 g/mol. The largest absolute Gasteiger partial charge is 0.496 e. The monoisotopic (exact) mass is 519 g/mol. The summed E-state index contributed by atoms with van der Waals surface area (Å²) in [5.74, 6) is -1.32. The highest BCUT2D eigenvalue weighted by molar-refractivity contribution is 5.85. The maximum absolute atomic E-state index is 14.1. The minimum Gasteiger partial charge on any atom is -0.496 e. The SMILES string of the molecule is COc1ccccc1CNC(=O)OC12CC3CC(C1)C(NC(=O)C(C)(C)N1CCCC(F)(F)C1)C(C3)C2. The second-order valence-corrected chi connectivity index (χ2v) is 12.1. The average molecular weight is 520 g/mol. The smallest absolute Gasteiger partial charge is 0.407 e. The van der Waals surface area contributed by atoms with Crippen molar-refractivity contribution in [2.24, 2.45) is 17.8 Å². The maximum atomic E-state index is 14.1. The van der Waals surface area contributed by atoms with Crippen LogP contribution in [0.4, 0.5) is 13.6 Å². The van der Waals surface area contributed by atoms with E-state index in [0.717, 1.165) is 37.7 Å². The second-order valence-electron chi connectivity index (χ2n) is 12.1. The predicted octanol–water partition coefficient (Wildman–Crippen LogP) is 4.49. The highest BCUT2D eigenvalue weighted by Crippen LogP contribution is 2.57. The molecule has 1 aliphatic heterocycles. The molecule has 2 amide bonds. The van der Waals surface area contributed by atoms with E-state index in [0.29, 0.717) is 31.2 Å². The lowest BCUT2D eigenvalue weighted by Crippen LogP contribution is -2.66. The molecule has 2 atom stereocenters. The van der Waals surface area contributed by atoms with Gasteiger partial charge in [0, 0.05) is 24.6 Å². The Labute approximate surface area is 217 Å². The molecule has 5 fully saturated rings. The first-order valence-corrected chi connectivity index (χ1v) is 13.5. The summed E-state index contributed by atoms with van der Waals surface area (Å²) in [7, 11) is 1.60. The van der Waals surface area contributed by atoms with E-state index in [4.69, 9.17) is 9.47 Å². The summed E-state index contributed by atoms with van der Waals surface area (Å²) in [6.07, 6.45) is 4.13. The first-order valence-electron chi connectivity index (χ1n) is 13.5. The van der Waals surface area contributed by atoms with Crippen molar-refractivity contribution >= 4 is 12.0 Å². The van der Waals surface area contributed by atoms with Crippen LogP contribution in [0.5, 0.6) is 5.75 Å². The number of hydrogen-bond donors (Lipinski definition) is 2. The van der Waals surface area contributed by atoms with Crippen LogP contribution in [-0.4, -0.2) is 60.2 Å². The molecule has 4 saturated carbocycles. The topological polar surface area (TPSA) is 79.9 Å². The fraction of sp³-hybridized carbons (Fsp3) is 0.714. The van der Waals surface area contributed by atoms with Crippen molar-refractivity contribution in [2.45, 2.75) is 88.4 Å². The number of amides is 2. The summed E-state index contributed by atoms with van der Waals surface area (Å²) < 4.78 is 39.6. The van der Waals surface area contributed by atoms with Gasteiger partial charge in [0.15, 0.2) is 0 Å². The van der Waals surface area contributed by atoms with Gasteiger partial charge in [-0.25, -0.2) is 13.6 Å². The number of rotatable bonds is 7. The van der Waals surface area contributed by atoms with Gasteiger partial charge in [-0.2, -0.15) is 0 Å². The number of carbonyl (C=O) groups excluding carboxylic acids is 2. The molecule has 204 valence electrons. The van der Waals surface area contributed by atoms with Gasteiger partial charge in [-0.05, 0) is 82.7 Å². The van der Waals surface area contributed by atoms with E-state index in [1.165, 1.54) is 0 Å². The van der Waals surface area contributed by atoms with Crippen LogP contribution in [0.1, 0.15) is 64.4 Å². The Kier molecular flexibility index (Phi) is 6.88. The van der Waals surface area contributed by atoms with Gasteiger partial charge in [0.1, 0.15) is 11.4 Å². The van der Waals surface area contributed by atoms with Crippen molar-refractivity contribution in [3.63, 3.8) is 0 Å². The van der Waals surface area contributed by atoms with E-state index < -0.39 is 23.2 Å². The van der Waals surface area contributed by atoms with Crippen molar-refractivity contribution in [1.29, 1.82) is 0 Å². The van der Waals surface area contributed by atoms with Crippen LogP contribution in [-0.2, 0) is 16.1 Å². The molecule has 5 aliphatic rings. The predicted molar refractivity (Wildman–Crippen MR) is 134 cm³/mol. The molecule has 2 N–H and O–H groups in total. The van der Waals surface area contributed by atoms with Gasteiger partial charge in [-0.15, -0.1) is 0 Å². The zero-order valence-corrected chi connectivity index (χ0v) is 22.0. The molecule has 0 radical (unpaired) electrons. The number of halogens is 2. The maximum Gasteiger partial charge on any atom is 0.407 e. The number of nitrogens with zero attached hydrogens (tertiary/aromatic N) is 1. The van der Waals surface area contributed by atoms with Crippen LogP contribution in [0.2, 0.25) is 0 Å². The number of carbonyl (C=O) groups is 2. The van der Waals surface area contributed by atoms with Crippen LogP contribution in [0.3, 0.4) is 0 Å². The van der Waals surface area contributed by atoms with E-state index in [9.17, 15) is 18.4 Å². The van der Waals surface area contributed by atoms with Crippen LogP contribution < -0.4 is 15.4 Å². The van der Waals surface area contributed by atoms with Crippen molar-refractivity contribution < 1.29 is 27.8 Å². The number of nitrogens with one attached hydrogen (secondary N) is 2. The van der Waals surface area contributed by atoms with Gasteiger partial charge in [-0.3, -0.25) is 9.69 Å². The highest BCUT2D eigenvalue weighted by Gasteiger charge is 2.58. The molecule has 1 saturated heterocycles. The van der Waals surface area contributed by atoms with Crippen LogP contribution in [0, 0.1) is 17.8 Å². The Morgan fingerprint density at radius 1 is 1.14 bits per heavy atom. The Morgan fingerprint density at radius 3 is 2.51 bits per heavy atom. The summed E-state index contributed by atoms with van der Waals surface area (Å²) in [5.41, 5.74) is -0.637. The third-order valence-corrected chi connectivity index (χ3v) is 9.18. The zero-order valence-electron chi connectivity index (χ0n) is 22.0. The number of ether oxygens (including phenoxy) is 2. The third-order valence-electron chi connectivity index (χ3n) is 9.18. The molecular formula is C28H39F2N3O4. The van der Waals surface area contributed by atoms with Crippen molar-refractivity contribution in [1.82, 2.24) is 15.5 Å². The normalized spacial score (nSPS) is 32.6. The zero-order chi connectivity index (χ0) is 26.4. The molecule has 1 aromatic rings. The molecule has 4 bridgehead atoms. The number of hydrogen-bond acceptors (Lipinski definition) is 5. The lowest BCUT2D eigenvalue weighted by molar-refractivity contribution is -0.155. The van der Waals surface area contributed by atoms with Gasteiger partial charge < -0.3 is 20.1 Å². The molecule has 6 rings (SSSR count). The molecule has 7 nitrogen and oxygen atoms in total. The molecule has 0 aromatic heterocycles. The summed E-state index contributed by atoms with van der Waals surface area (Å²) in [4.78, 5) is 27.8. The van der Waals surface area contributed by atoms with Crippen LogP contribution in [0.15, 0.2) is 24.3 Å². The van der Waals surface area contributed by atoms with Crippen molar-refractivity contribution in [3.05, 3.63) is 29.8 Å². The van der Waals surface area contributed by atoms with E-state index in [1.54, 1.807) is 25.9 Å². The van der Waals surface area contributed by atoms with Crippen LogP contribution in [0.25, 0.3) is 0 Å². The van der Waals surface area contributed by atoms with Crippen molar-refractivity contribution in [2.75, 3.05) is 20.2 Å². The van der Waals surface area contributed by atoms with Gasteiger partial charge in [-0.1, -0.05) is 18.2 Å². The van der Waals surface area contributed by atoms with Gasteiger partial charge in [0.2, 0.25) is 5.91 Å². The number of likely N-dealkylation sites (tertiary alicyclic amines) is 1. The van der Waals surface area contributed by atoms with Crippen LogP contribution >= 0.6 is 0 Å². The summed E-state index contributed by atoms with van der Waals surface area (Å²) in [5, 5.41) is 6.14.